The van der Waals surface area contributed by atoms with Gasteiger partial charge in [0.25, 0.3) is 0 Å². The first-order valence-corrected chi connectivity index (χ1v) is 12.3. The fourth-order valence-electron chi connectivity index (χ4n) is 4.09. The molecule has 0 atom stereocenters. The molecule has 0 aliphatic rings. The molecule has 36 heavy (non-hydrogen) atoms. The van der Waals surface area contributed by atoms with Crippen molar-refractivity contribution in [3.05, 3.63) is 120 Å². The lowest BCUT2D eigenvalue weighted by atomic mass is 9.87. The van der Waals surface area contributed by atoms with Gasteiger partial charge < -0.3 is 11.1 Å². The van der Waals surface area contributed by atoms with Crippen LogP contribution in [0.25, 0.3) is 28.3 Å². The van der Waals surface area contributed by atoms with Crippen molar-refractivity contribution in [2.24, 2.45) is 0 Å². The number of anilines is 1. The second-order valence-electron chi connectivity index (χ2n) is 9.37. The molecule has 4 aromatic rings. The number of nitrogens with two attached hydrogens (primary N) is 1. The van der Waals surface area contributed by atoms with Crippen LogP contribution in [0, 0.1) is 11.2 Å². The molecule has 0 heterocycles. The Morgan fingerprint density at radius 3 is 1.67 bits per heavy atom. The van der Waals surface area contributed by atoms with E-state index in [0.717, 1.165) is 11.1 Å². The van der Waals surface area contributed by atoms with Gasteiger partial charge in [-0.1, -0.05) is 107 Å². The van der Waals surface area contributed by atoms with Gasteiger partial charge in [0.2, 0.25) is 0 Å². The Hall–Kier alpha value is -3.98. The minimum atomic E-state index is -0.220. The number of hydrogen-bond donors (Lipinski definition) is 2. The van der Waals surface area contributed by atoms with E-state index in [9.17, 15) is 4.39 Å². The highest BCUT2D eigenvalue weighted by Gasteiger charge is 2.13. The normalized spacial score (nSPS) is 11.0. The van der Waals surface area contributed by atoms with Crippen LogP contribution < -0.4 is 5.73 Å². The number of allylic oxidation sites excluding steroid dienone is 1. The first kappa shape index (κ1) is 26.6. The molecule has 0 spiro atoms. The molecule has 3 heteroatoms. The lowest BCUT2D eigenvalue weighted by Gasteiger charge is -2.17. The van der Waals surface area contributed by atoms with E-state index in [-0.39, 0.29) is 11.7 Å². The number of rotatable bonds is 6. The largest absolute Gasteiger partial charge is 0.398 e. The van der Waals surface area contributed by atoms with E-state index in [4.69, 9.17) is 11.1 Å². The van der Waals surface area contributed by atoms with Crippen molar-refractivity contribution in [3.63, 3.8) is 0 Å². The van der Waals surface area contributed by atoms with Crippen LogP contribution in [-0.2, 0) is 0 Å². The van der Waals surface area contributed by atoms with Crippen molar-refractivity contribution in [1.82, 2.24) is 0 Å². The third-order valence-corrected chi connectivity index (χ3v) is 6.07. The van der Waals surface area contributed by atoms with E-state index in [1.54, 1.807) is 12.1 Å². The maximum absolute atomic E-state index is 12.7. The number of nitrogens with one attached hydrogen (secondary N) is 1. The predicted octanol–water partition coefficient (Wildman–Crippen LogP) is 9.34. The maximum atomic E-state index is 12.7. The summed E-state index contributed by atoms with van der Waals surface area (Å²) in [4.78, 5) is 0. The van der Waals surface area contributed by atoms with Crippen molar-refractivity contribution in [2.45, 2.75) is 39.5 Å². The van der Waals surface area contributed by atoms with Crippen LogP contribution in [0.4, 0.5) is 10.1 Å². The van der Waals surface area contributed by atoms with E-state index in [0.29, 0.717) is 11.6 Å². The third-order valence-electron chi connectivity index (χ3n) is 6.07. The standard InChI is InChI=1S/C24H23N.C9H12FN/c1-18(2)21-16-23(19-10-5-3-6-11-19)22(14-9-15-25)24(17-21)20-12-7-4-8-13-20;1-6(2)8-5-7(10)3-4-9(8)11/h3-18,25H,1-2H3;3-6H,11H2,1-2H3/b14-9+,25-15?;. The van der Waals surface area contributed by atoms with Gasteiger partial charge in [0, 0.05) is 11.9 Å². The lowest BCUT2D eigenvalue weighted by Crippen LogP contribution is -1.96. The van der Waals surface area contributed by atoms with Crippen molar-refractivity contribution >= 4 is 18.0 Å². The Morgan fingerprint density at radius 1 is 0.722 bits per heavy atom. The number of hydrogen-bond acceptors (Lipinski definition) is 2. The highest BCUT2D eigenvalue weighted by atomic mass is 19.1. The Morgan fingerprint density at radius 2 is 1.25 bits per heavy atom. The lowest BCUT2D eigenvalue weighted by molar-refractivity contribution is 0.624. The molecule has 3 N–H and O–H groups in total. The van der Waals surface area contributed by atoms with Gasteiger partial charge in [-0.15, -0.1) is 0 Å². The summed E-state index contributed by atoms with van der Waals surface area (Å²) < 4.78 is 12.7. The summed E-state index contributed by atoms with van der Waals surface area (Å²) in [5.74, 6) is 0.513. The highest BCUT2D eigenvalue weighted by molar-refractivity contribution is 5.90. The van der Waals surface area contributed by atoms with Crippen LogP contribution >= 0.6 is 0 Å². The quantitative estimate of drug-likeness (QED) is 0.210. The van der Waals surface area contributed by atoms with Gasteiger partial charge in [0.15, 0.2) is 0 Å². The molecule has 0 aromatic heterocycles. The molecule has 0 aliphatic carbocycles. The zero-order valence-electron chi connectivity index (χ0n) is 21.5. The maximum Gasteiger partial charge on any atom is 0.123 e. The molecule has 184 valence electrons. The van der Waals surface area contributed by atoms with Gasteiger partial charge >= 0.3 is 0 Å². The summed E-state index contributed by atoms with van der Waals surface area (Å²) in [5, 5.41) is 7.40. The van der Waals surface area contributed by atoms with Gasteiger partial charge in [-0.3, -0.25) is 0 Å². The molecule has 0 bridgehead atoms. The van der Waals surface area contributed by atoms with Crippen LogP contribution in [0.15, 0.2) is 97.1 Å². The summed E-state index contributed by atoms with van der Waals surface area (Å²) >= 11 is 0. The van der Waals surface area contributed by atoms with E-state index in [1.165, 1.54) is 46.2 Å². The van der Waals surface area contributed by atoms with Crippen molar-refractivity contribution < 1.29 is 4.39 Å². The molecule has 0 amide bonds. The second-order valence-corrected chi connectivity index (χ2v) is 9.37. The second kappa shape index (κ2) is 12.6. The fraction of sp³-hybridized carbons (Fsp3) is 0.182. The van der Waals surface area contributed by atoms with Gasteiger partial charge in [-0.05, 0) is 75.1 Å². The van der Waals surface area contributed by atoms with Crippen LogP contribution in [0.5, 0.6) is 0 Å². The van der Waals surface area contributed by atoms with Crippen LogP contribution in [0.1, 0.15) is 56.2 Å². The molecule has 0 radical (unpaired) electrons. The Bertz CT molecular complexity index is 1250. The SMILES string of the molecule is CC(C)c1cc(-c2ccccc2)c(/C=C/C=N)c(-c2ccccc2)c1.CC(C)c1cc(F)ccc1N. The predicted molar refractivity (Wildman–Crippen MR) is 154 cm³/mol. The molecule has 0 saturated heterocycles. The molecule has 0 aliphatic heterocycles. The number of nitrogen functional groups attached to an aromatic ring is 1. The third kappa shape index (κ3) is 6.79. The van der Waals surface area contributed by atoms with E-state index >= 15 is 0 Å². The highest BCUT2D eigenvalue weighted by Crippen LogP contribution is 2.36. The summed E-state index contributed by atoms with van der Waals surface area (Å²) in [6, 6.07) is 30.0. The molecule has 0 unspecified atom stereocenters. The smallest absolute Gasteiger partial charge is 0.123 e. The van der Waals surface area contributed by atoms with Gasteiger partial charge in [0.05, 0.1) is 0 Å². The number of benzene rings is 4. The van der Waals surface area contributed by atoms with Gasteiger partial charge in [-0.25, -0.2) is 4.39 Å². The molecule has 4 rings (SSSR count). The fourth-order valence-corrected chi connectivity index (χ4v) is 4.09. The monoisotopic (exact) mass is 478 g/mol. The summed E-state index contributed by atoms with van der Waals surface area (Å²) in [7, 11) is 0. The minimum absolute atomic E-state index is 0.220. The van der Waals surface area contributed by atoms with Gasteiger partial charge in [0.1, 0.15) is 5.82 Å². The van der Waals surface area contributed by atoms with Crippen molar-refractivity contribution in [3.8, 4) is 22.3 Å². The first-order chi connectivity index (χ1) is 17.3. The Balaban J connectivity index is 0.000000275. The average molecular weight is 479 g/mol. The Kier molecular flexibility index (Phi) is 9.35. The summed E-state index contributed by atoms with van der Waals surface area (Å²) in [5.41, 5.74) is 14.5. The molecular weight excluding hydrogens is 443 g/mol. The van der Waals surface area contributed by atoms with Crippen LogP contribution in [0.3, 0.4) is 0 Å². The minimum Gasteiger partial charge on any atom is -0.398 e. The topological polar surface area (TPSA) is 49.9 Å². The number of halogens is 1. The van der Waals surface area contributed by atoms with E-state index in [2.05, 4.69) is 74.5 Å². The van der Waals surface area contributed by atoms with Crippen LogP contribution in [-0.4, -0.2) is 6.21 Å². The molecular formula is C33H35FN2. The Labute approximate surface area is 214 Å². The summed E-state index contributed by atoms with van der Waals surface area (Å²) in [6.45, 7) is 8.44. The molecule has 0 fully saturated rings. The molecule has 2 nitrogen and oxygen atoms in total. The van der Waals surface area contributed by atoms with Gasteiger partial charge in [-0.2, -0.15) is 0 Å². The molecule has 4 aromatic carbocycles. The van der Waals surface area contributed by atoms with Crippen LogP contribution in [0.2, 0.25) is 0 Å². The zero-order valence-corrected chi connectivity index (χ0v) is 21.5. The van der Waals surface area contributed by atoms with E-state index < -0.39 is 0 Å². The first-order valence-electron chi connectivity index (χ1n) is 12.3. The average Bonchev–Trinajstić information content (AvgIpc) is 2.89. The van der Waals surface area contributed by atoms with Crippen molar-refractivity contribution in [1.29, 1.82) is 5.41 Å². The van der Waals surface area contributed by atoms with Crippen molar-refractivity contribution in [2.75, 3.05) is 5.73 Å². The summed E-state index contributed by atoms with van der Waals surface area (Å²) in [6.07, 6.45) is 5.17. The molecule has 0 saturated carbocycles. The zero-order chi connectivity index (χ0) is 26.1. The van der Waals surface area contributed by atoms with E-state index in [1.807, 2.05) is 32.1 Å².